The lowest BCUT2D eigenvalue weighted by atomic mass is 10.0. The molecule has 4 rings (SSSR count). The molecule has 0 saturated carbocycles. The smallest absolute Gasteiger partial charge is 0.407 e. The van der Waals surface area contributed by atoms with E-state index in [1.807, 2.05) is 24.3 Å². The number of esters is 1. The Morgan fingerprint density at radius 2 is 1.72 bits per heavy atom. The lowest BCUT2D eigenvalue weighted by molar-refractivity contribution is -0.141. The fraction of sp³-hybridized carbons (Fsp3) is 0.379. The Bertz CT molecular complexity index is 1420. The van der Waals surface area contributed by atoms with Crippen LogP contribution in [0, 0.1) is 11.3 Å². The highest BCUT2D eigenvalue weighted by Crippen LogP contribution is 2.20. The number of hydrogen-bond acceptors (Lipinski definition) is 12. The van der Waals surface area contributed by atoms with Crippen LogP contribution in [0.1, 0.15) is 16.7 Å². The Balaban J connectivity index is 1.50. The van der Waals surface area contributed by atoms with Crippen molar-refractivity contribution in [2.75, 3.05) is 69.5 Å². The van der Waals surface area contributed by atoms with Crippen molar-refractivity contribution in [3.63, 3.8) is 0 Å². The highest BCUT2D eigenvalue weighted by atomic mass is 16.5. The third-order valence-electron chi connectivity index (χ3n) is 6.77. The van der Waals surface area contributed by atoms with E-state index in [2.05, 4.69) is 41.9 Å². The quantitative estimate of drug-likeness (QED) is 0.169. The molecule has 1 saturated heterocycles. The largest absolute Gasteiger partial charge is 0.467 e. The molecular formula is C29H35N9O5. The van der Waals surface area contributed by atoms with E-state index in [-0.39, 0.29) is 24.3 Å². The minimum Gasteiger partial charge on any atom is -0.467 e. The van der Waals surface area contributed by atoms with Crippen molar-refractivity contribution in [1.29, 1.82) is 5.26 Å². The van der Waals surface area contributed by atoms with Crippen LogP contribution < -0.4 is 16.0 Å². The number of nitrogens with one attached hydrogen (secondary N) is 3. The second kappa shape index (κ2) is 15.3. The molecule has 1 fully saturated rings. The maximum absolute atomic E-state index is 12.7. The van der Waals surface area contributed by atoms with Crippen molar-refractivity contribution in [3.05, 3.63) is 65.2 Å². The first-order chi connectivity index (χ1) is 20.9. The molecule has 1 atom stereocenters. The Hall–Kier alpha value is -5.00. The zero-order valence-electron chi connectivity index (χ0n) is 24.1. The first-order valence-electron chi connectivity index (χ1n) is 13.8. The number of nitriles is 1. The summed E-state index contributed by atoms with van der Waals surface area (Å²) in [5, 5.41) is 27.7. The van der Waals surface area contributed by atoms with Gasteiger partial charge in [0.15, 0.2) is 0 Å². The first-order valence-corrected chi connectivity index (χ1v) is 13.8. The van der Waals surface area contributed by atoms with E-state index >= 15 is 0 Å². The van der Waals surface area contributed by atoms with Crippen molar-refractivity contribution in [3.8, 4) is 6.07 Å². The molecule has 43 heavy (non-hydrogen) atoms. The van der Waals surface area contributed by atoms with Gasteiger partial charge in [-0.3, -0.25) is 4.90 Å². The van der Waals surface area contributed by atoms with Crippen LogP contribution in [-0.2, 0) is 27.2 Å². The van der Waals surface area contributed by atoms with Crippen molar-refractivity contribution in [1.82, 2.24) is 24.8 Å². The Labute approximate surface area is 249 Å². The van der Waals surface area contributed by atoms with Gasteiger partial charge in [-0.05, 0) is 35.4 Å². The summed E-state index contributed by atoms with van der Waals surface area (Å²) in [6.45, 7) is 3.83. The monoisotopic (exact) mass is 589 g/mol. The molecule has 0 radical (unpaired) electrons. The molecule has 0 bridgehead atoms. The van der Waals surface area contributed by atoms with Crippen molar-refractivity contribution in [2.45, 2.75) is 19.0 Å². The molecule has 2 heterocycles. The van der Waals surface area contributed by atoms with Gasteiger partial charge >= 0.3 is 12.1 Å². The predicted molar refractivity (Wildman–Crippen MR) is 159 cm³/mol. The fourth-order valence-electron chi connectivity index (χ4n) is 4.51. The molecule has 0 aliphatic carbocycles. The van der Waals surface area contributed by atoms with Gasteiger partial charge in [0.1, 0.15) is 6.04 Å². The van der Waals surface area contributed by atoms with Gasteiger partial charge in [-0.2, -0.15) is 20.2 Å². The third kappa shape index (κ3) is 9.25. The maximum atomic E-state index is 12.7. The van der Waals surface area contributed by atoms with E-state index < -0.39 is 18.1 Å². The number of hydrogen-bond donors (Lipinski definition) is 4. The number of carbonyl (C=O) groups excluding carboxylic acids is 1. The number of piperazine rings is 1. The van der Waals surface area contributed by atoms with E-state index in [4.69, 9.17) is 14.7 Å². The van der Waals surface area contributed by atoms with Crippen LogP contribution in [0.4, 0.5) is 28.3 Å². The topological polar surface area (TPSA) is 178 Å². The number of nitrogens with zero attached hydrogens (tertiary/aromatic N) is 6. The molecule has 1 aliphatic rings. The van der Waals surface area contributed by atoms with Gasteiger partial charge in [0.05, 0.1) is 25.3 Å². The second-order valence-electron chi connectivity index (χ2n) is 9.83. The summed E-state index contributed by atoms with van der Waals surface area (Å²) in [5.41, 5.74) is 3.15. The van der Waals surface area contributed by atoms with E-state index in [0.717, 1.165) is 16.8 Å². The Kier molecular flexibility index (Phi) is 11.0. The van der Waals surface area contributed by atoms with Gasteiger partial charge in [-0.15, -0.1) is 0 Å². The van der Waals surface area contributed by atoms with Gasteiger partial charge in [0.2, 0.25) is 17.8 Å². The summed E-state index contributed by atoms with van der Waals surface area (Å²) in [6, 6.07) is 16.0. The number of methoxy groups -OCH3 is 2. The number of aromatic nitrogens is 3. The lowest BCUT2D eigenvalue weighted by Crippen LogP contribution is -2.47. The van der Waals surface area contributed by atoms with Gasteiger partial charge in [0, 0.05) is 58.5 Å². The average Bonchev–Trinajstić information content (AvgIpc) is 3.01. The van der Waals surface area contributed by atoms with Crippen LogP contribution in [-0.4, -0.2) is 102 Å². The molecule has 0 unspecified atom stereocenters. The number of ether oxygens (including phenoxy) is 2. The minimum absolute atomic E-state index is 0.161. The molecule has 3 aromatic rings. The van der Waals surface area contributed by atoms with Crippen molar-refractivity contribution in [2.24, 2.45) is 0 Å². The van der Waals surface area contributed by atoms with Gasteiger partial charge in [-0.25, -0.2) is 9.59 Å². The van der Waals surface area contributed by atoms with E-state index in [1.54, 1.807) is 31.4 Å². The lowest BCUT2D eigenvalue weighted by Gasteiger charge is -2.33. The minimum atomic E-state index is -0.889. The first kappa shape index (κ1) is 30.9. The summed E-state index contributed by atoms with van der Waals surface area (Å²) < 4.78 is 10.1. The standard InChI is InChI=1S/C29H35N9O5/c1-42-15-10-31-26-34-27(32-23-5-3-4-22(16-23)19-37-11-13-38(14-12-37)29(40)41)36-28(35-26)33-24(25(39)43-2)17-20-6-8-21(18-30)9-7-20/h3-9,16,24H,10-15,17,19H2,1-2H3,(H,40,41)(H3,31,32,33,34,35,36)/t24-/m0/s1. The third-order valence-corrected chi connectivity index (χ3v) is 6.77. The predicted octanol–water partition coefficient (Wildman–Crippen LogP) is 2.54. The summed E-state index contributed by atoms with van der Waals surface area (Å²) in [4.78, 5) is 41.0. The molecule has 14 heteroatoms. The Morgan fingerprint density at radius 3 is 2.40 bits per heavy atom. The van der Waals surface area contributed by atoms with Crippen LogP contribution in [0.25, 0.3) is 0 Å². The SMILES string of the molecule is COCCNc1nc(Nc2cccc(CN3CCN(C(=O)O)CC3)c2)nc(N[C@@H](Cc2ccc(C#N)cc2)C(=O)OC)n1. The summed E-state index contributed by atoms with van der Waals surface area (Å²) >= 11 is 0. The number of benzene rings is 2. The second-order valence-corrected chi connectivity index (χ2v) is 9.83. The average molecular weight is 590 g/mol. The van der Waals surface area contributed by atoms with Crippen molar-refractivity contribution < 1.29 is 24.2 Å². The molecule has 0 spiro atoms. The number of anilines is 4. The normalized spacial score (nSPS) is 13.9. The molecule has 14 nitrogen and oxygen atoms in total. The zero-order valence-corrected chi connectivity index (χ0v) is 24.1. The highest BCUT2D eigenvalue weighted by molar-refractivity contribution is 5.79. The molecule has 1 aromatic heterocycles. The van der Waals surface area contributed by atoms with Crippen LogP contribution in [0.15, 0.2) is 48.5 Å². The van der Waals surface area contributed by atoms with Gasteiger partial charge < -0.3 is 35.4 Å². The Morgan fingerprint density at radius 1 is 1.00 bits per heavy atom. The number of carboxylic acid groups (broad SMARTS) is 1. The number of amides is 1. The number of rotatable bonds is 13. The molecule has 1 aliphatic heterocycles. The molecule has 226 valence electrons. The molecular weight excluding hydrogens is 554 g/mol. The van der Waals surface area contributed by atoms with E-state index in [1.165, 1.54) is 12.0 Å². The summed E-state index contributed by atoms with van der Waals surface area (Å²) in [7, 11) is 2.91. The zero-order chi connectivity index (χ0) is 30.6. The highest BCUT2D eigenvalue weighted by Gasteiger charge is 2.23. The fourth-order valence-corrected chi connectivity index (χ4v) is 4.51. The van der Waals surface area contributed by atoms with Crippen LogP contribution in [0.2, 0.25) is 0 Å². The van der Waals surface area contributed by atoms with Crippen LogP contribution >= 0.6 is 0 Å². The van der Waals surface area contributed by atoms with E-state index in [0.29, 0.717) is 51.4 Å². The summed E-state index contributed by atoms with van der Waals surface area (Å²) in [5.74, 6) is 0.206. The van der Waals surface area contributed by atoms with Crippen LogP contribution in [0.3, 0.4) is 0 Å². The maximum Gasteiger partial charge on any atom is 0.407 e. The molecule has 1 amide bonds. The van der Waals surface area contributed by atoms with E-state index in [9.17, 15) is 14.7 Å². The van der Waals surface area contributed by atoms with Crippen LogP contribution in [0.5, 0.6) is 0 Å². The summed E-state index contributed by atoms with van der Waals surface area (Å²) in [6.07, 6.45) is -0.609. The van der Waals surface area contributed by atoms with Crippen molar-refractivity contribution >= 4 is 35.6 Å². The van der Waals surface area contributed by atoms with Gasteiger partial charge in [0.25, 0.3) is 0 Å². The van der Waals surface area contributed by atoms with Gasteiger partial charge in [-0.1, -0.05) is 24.3 Å². The number of carbonyl (C=O) groups is 2. The molecule has 4 N–H and O–H groups in total. The molecule has 2 aromatic carbocycles.